The Bertz CT molecular complexity index is 2160. The molecule has 0 aliphatic rings. The Kier molecular flexibility index (Phi) is 6.82. The monoisotopic (exact) mass is 645 g/mol. The average Bonchev–Trinajstić information content (AvgIpc) is 3.47. The molecule has 0 bridgehead atoms. The van der Waals surface area contributed by atoms with E-state index >= 15 is 0 Å². The molecule has 2 heterocycles. The second-order valence-electron chi connectivity index (χ2n) is 10.6. The Morgan fingerprint density at radius 2 is 0.864 bits per heavy atom. The molecule has 44 heavy (non-hydrogen) atoms. The van der Waals surface area contributed by atoms with Crippen LogP contribution in [0, 0.1) is 0 Å². The highest BCUT2D eigenvalue weighted by Gasteiger charge is 2.18. The number of fused-ring (bicyclic) bond motifs is 3. The minimum Gasteiger partial charge on any atom is -0.208 e. The van der Waals surface area contributed by atoms with E-state index < -0.39 is 0 Å². The molecule has 0 saturated heterocycles. The van der Waals surface area contributed by atoms with Crippen LogP contribution >= 0.6 is 27.3 Å². The van der Waals surface area contributed by atoms with Crippen molar-refractivity contribution in [3.63, 3.8) is 0 Å². The van der Waals surface area contributed by atoms with E-state index in [4.69, 9.17) is 15.0 Å². The summed E-state index contributed by atoms with van der Waals surface area (Å²) in [5.74, 6) is 1.94. The van der Waals surface area contributed by atoms with E-state index in [0.717, 1.165) is 37.0 Å². The zero-order valence-corrected chi connectivity index (χ0v) is 25.9. The molecular weight excluding hydrogens is 622 g/mol. The Morgan fingerprint density at radius 3 is 1.43 bits per heavy atom. The number of aromatic nitrogens is 3. The molecule has 208 valence electrons. The number of benzene rings is 6. The van der Waals surface area contributed by atoms with Crippen molar-refractivity contribution in [1.29, 1.82) is 0 Å². The lowest BCUT2D eigenvalue weighted by molar-refractivity contribution is 1.08. The third kappa shape index (κ3) is 5.00. The molecule has 5 heteroatoms. The van der Waals surface area contributed by atoms with Crippen molar-refractivity contribution in [1.82, 2.24) is 15.0 Å². The molecule has 0 amide bonds. The molecule has 0 aliphatic heterocycles. The van der Waals surface area contributed by atoms with Gasteiger partial charge in [-0.2, -0.15) is 0 Å². The highest BCUT2D eigenvalue weighted by atomic mass is 79.9. The highest BCUT2D eigenvalue weighted by Crippen LogP contribution is 2.41. The third-order valence-corrected chi connectivity index (χ3v) is 9.50. The third-order valence-electron chi connectivity index (χ3n) is 7.82. The number of rotatable bonds is 5. The summed E-state index contributed by atoms with van der Waals surface area (Å²) in [5.41, 5.74) is 7.53. The van der Waals surface area contributed by atoms with Gasteiger partial charge < -0.3 is 0 Å². The summed E-state index contributed by atoms with van der Waals surface area (Å²) < 4.78 is 3.40. The predicted molar refractivity (Wildman–Crippen MR) is 188 cm³/mol. The van der Waals surface area contributed by atoms with Gasteiger partial charge in [0.15, 0.2) is 17.5 Å². The van der Waals surface area contributed by atoms with Crippen LogP contribution in [-0.4, -0.2) is 15.0 Å². The lowest BCUT2D eigenvalue weighted by Gasteiger charge is -2.11. The molecule has 0 saturated carbocycles. The molecule has 3 nitrogen and oxygen atoms in total. The standard InChI is InChI=1S/C39H24BrN3S/c40-31-23-33-32-13-7-8-14-35(32)44-36(33)34(24-31)39-42-37(29-19-15-27(16-20-29)25-9-3-1-4-10-25)41-38(43-39)30-21-17-28(18-22-30)26-11-5-2-6-12-26/h1-24H. The number of hydrogen-bond donors (Lipinski definition) is 0. The van der Waals surface area contributed by atoms with E-state index in [0.29, 0.717) is 17.5 Å². The van der Waals surface area contributed by atoms with Crippen LogP contribution in [-0.2, 0) is 0 Å². The molecule has 0 radical (unpaired) electrons. The van der Waals surface area contributed by atoms with Crippen LogP contribution in [0.2, 0.25) is 0 Å². The maximum absolute atomic E-state index is 5.09. The van der Waals surface area contributed by atoms with Gasteiger partial charge in [-0.25, -0.2) is 15.0 Å². The summed E-state index contributed by atoms with van der Waals surface area (Å²) in [6, 6.07) is 50.5. The average molecular weight is 647 g/mol. The van der Waals surface area contributed by atoms with Gasteiger partial charge in [0, 0.05) is 41.3 Å². The van der Waals surface area contributed by atoms with Crippen LogP contribution in [0.3, 0.4) is 0 Å². The number of hydrogen-bond acceptors (Lipinski definition) is 4. The summed E-state index contributed by atoms with van der Waals surface area (Å²) in [6.45, 7) is 0. The van der Waals surface area contributed by atoms with Gasteiger partial charge in [-0.15, -0.1) is 11.3 Å². The first-order chi connectivity index (χ1) is 21.7. The second kappa shape index (κ2) is 11.3. The summed E-state index contributed by atoms with van der Waals surface area (Å²) in [7, 11) is 0. The SMILES string of the molecule is Brc1cc(-c2nc(-c3ccc(-c4ccccc4)cc3)nc(-c3ccc(-c4ccccc4)cc3)n2)c2sc3ccccc3c2c1. The van der Waals surface area contributed by atoms with Gasteiger partial charge in [-0.3, -0.25) is 0 Å². The Morgan fingerprint density at radius 1 is 0.409 bits per heavy atom. The van der Waals surface area contributed by atoms with Gasteiger partial charge in [0.05, 0.1) is 0 Å². The predicted octanol–water partition coefficient (Wildman–Crippen LogP) is 11.3. The molecule has 0 N–H and O–H groups in total. The van der Waals surface area contributed by atoms with Crippen molar-refractivity contribution in [3.8, 4) is 56.4 Å². The first kappa shape index (κ1) is 26.6. The molecule has 0 fully saturated rings. The van der Waals surface area contributed by atoms with Gasteiger partial charge in [0.1, 0.15) is 0 Å². The summed E-state index contributed by atoms with van der Waals surface area (Å²) in [5, 5.41) is 2.43. The van der Waals surface area contributed by atoms with Gasteiger partial charge in [-0.1, -0.05) is 143 Å². The Balaban J connectivity index is 1.29. The van der Waals surface area contributed by atoms with Crippen molar-refractivity contribution in [3.05, 3.63) is 150 Å². The van der Waals surface area contributed by atoms with Crippen molar-refractivity contribution in [2.24, 2.45) is 0 Å². The molecule has 2 aromatic heterocycles. The fourth-order valence-corrected chi connectivity index (χ4v) is 7.25. The van der Waals surface area contributed by atoms with E-state index in [-0.39, 0.29) is 0 Å². The lowest BCUT2D eigenvalue weighted by atomic mass is 10.0. The first-order valence-electron chi connectivity index (χ1n) is 14.4. The van der Waals surface area contributed by atoms with Crippen molar-refractivity contribution < 1.29 is 0 Å². The van der Waals surface area contributed by atoms with Crippen molar-refractivity contribution in [2.45, 2.75) is 0 Å². The maximum Gasteiger partial charge on any atom is 0.165 e. The van der Waals surface area contributed by atoms with E-state index in [1.165, 1.54) is 26.6 Å². The van der Waals surface area contributed by atoms with Crippen LogP contribution in [0.5, 0.6) is 0 Å². The highest BCUT2D eigenvalue weighted by molar-refractivity contribution is 9.10. The molecular formula is C39H24BrN3S. The van der Waals surface area contributed by atoms with Crippen molar-refractivity contribution in [2.75, 3.05) is 0 Å². The van der Waals surface area contributed by atoms with Crippen LogP contribution < -0.4 is 0 Å². The van der Waals surface area contributed by atoms with E-state index in [9.17, 15) is 0 Å². The Labute approximate surface area is 267 Å². The van der Waals surface area contributed by atoms with Gasteiger partial charge in [-0.05, 0) is 40.5 Å². The molecule has 0 unspecified atom stereocenters. The second-order valence-corrected chi connectivity index (χ2v) is 12.6. The number of nitrogens with zero attached hydrogens (tertiary/aromatic N) is 3. The summed E-state index contributed by atoms with van der Waals surface area (Å²) in [6.07, 6.45) is 0. The smallest absolute Gasteiger partial charge is 0.165 e. The molecule has 6 aromatic carbocycles. The van der Waals surface area contributed by atoms with Crippen LogP contribution in [0.15, 0.2) is 150 Å². The van der Waals surface area contributed by atoms with Crippen LogP contribution in [0.1, 0.15) is 0 Å². The minimum atomic E-state index is 0.644. The zero-order chi connectivity index (χ0) is 29.5. The van der Waals surface area contributed by atoms with Crippen LogP contribution in [0.25, 0.3) is 76.6 Å². The number of halogens is 1. The largest absolute Gasteiger partial charge is 0.208 e. The van der Waals surface area contributed by atoms with E-state index in [2.05, 4.69) is 149 Å². The fourth-order valence-electron chi connectivity index (χ4n) is 5.60. The van der Waals surface area contributed by atoms with Gasteiger partial charge in [0.25, 0.3) is 0 Å². The Hall–Kier alpha value is -4.97. The van der Waals surface area contributed by atoms with E-state index in [1.54, 1.807) is 11.3 Å². The quantitative estimate of drug-likeness (QED) is 0.187. The molecule has 0 aliphatic carbocycles. The fraction of sp³-hybridized carbons (Fsp3) is 0. The van der Waals surface area contributed by atoms with Gasteiger partial charge >= 0.3 is 0 Å². The lowest BCUT2D eigenvalue weighted by Crippen LogP contribution is -2.00. The maximum atomic E-state index is 5.09. The van der Waals surface area contributed by atoms with Gasteiger partial charge in [0.2, 0.25) is 0 Å². The molecule has 8 aromatic rings. The topological polar surface area (TPSA) is 38.7 Å². The minimum absolute atomic E-state index is 0.644. The van der Waals surface area contributed by atoms with E-state index in [1.807, 2.05) is 12.1 Å². The first-order valence-corrected chi connectivity index (χ1v) is 16.0. The molecule has 8 rings (SSSR count). The summed E-state index contributed by atoms with van der Waals surface area (Å²) >= 11 is 5.54. The zero-order valence-electron chi connectivity index (χ0n) is 23.5. The summed E-state index contributed by atoms with van der Waals surface area (Å²) in [4.78, 5) is 15.2. The van der Waals surface area contributed by atoms with Crippen molar-refractivity contribution >= 4 is 47.4 Å². The van der Waals surface area contributed by atoms with Crippen LogP contribution in [0.4, 0.5) is 0 Å². The normalized spacial score (nSPS) is 11.3. The number of thiophene rings is 1. The molecule has 0 spiro atoms. The molecule has 0 atom stereocenters.